The molecule has 2 nitrogen and oxygen atoms in total. The fraction of sp³-hybridized carbons (Fsp3) is 0.333. The number of rotatable bonds is 1. The van der Waals surface area contributed by atoms with E-state index in [4.69, 9.17) is 0 Å². The molecule has 0 radical (unpaired) electrons. The van der Waals surface area contributed by atoms with Crippen molar-refractivity contribution >= 4 is 9.84 Å². The van der Waals surface area contributed by atoms with E-state index in [1.165, 1.54) is 6.26 Å². The number of allylic oxidation sites excluding steroid dienone is 2. The first kappa shape index (κ1) is 6.55. The van der Waals surface area contributed by atoms with Crippen molar-refractivity contribution in [3.8, 4) is 0 Å². The van der Waals surface area contributed by atoms with E-state index >= 15 is 0 Å². The van der Waals surface area contributed by atoms with E-state index in [9.17, 15) is 8.42 Å². The summed E-state index contributed by atoms with van der Waals surface area (Å²) in [7, 11) is -2.88. The highest BCUT2D eigenvalue weighted by atomic mass is 32.2. The van der Waals surface area contributed by atoms with Crippen LogP contribution < -0.4 is 0 Å². The van der Waals surface area contributed by atoms with Crippen LogP contribution in [0.5, 0.6) is 0 Å². The van der Waals surface area contributed by atoms with Gasteiger partial charge in [-0.2, -0.15) is 0 Å². The van der Waals surface area contributed by atoms with E-state index in [-0.39, 0.29) is 5.25 Å². The lowest BCUT2D eigenvalue weighted by molar-refractivity contribution is 0.600. The molecule has 50 valence electrons. The summed E-state index contributed by atoms with van der Waals surface area (Å²) in [5.74, 6) is 0. The maximum Gasteiger partial charge on any atom is 0.157 e. The third-order valence-electron chi connectivity index (χ3n) is 1.21. The molecule has 1 aliphatic rings. The topological polar surface area (TPSA) is 34.1 Å². The van der Waals surface area contributed by atoms with Crippen molar-refractivity contribution in [3.05, 3.63) is 24.3 Å². The molecule has 0 amide bonds. The van der Waals surface area contributed by atoms with Crippen LogP contribution in [0.4, 0.5) is 0 Å². The molecule has 0 saturated heterocycles. The zero-order valence-corrected chi connectivity index (χ0v) is 5.93. The van der Waals surface area contributed by atoms with E-state index in [1.54, 1.807) is 24.3 Å². The van der Waals surface area contributed by atoms with Gasteiger partial charge in [0.1, 0.15) is 0 Å². The maximum absolute atomic E-state index is 10.7. The van der Waals surface area contributed by atoms with Crippen molar-refractivity contribution in [2.45, 2.75) is 5.25 Å². The van der Waals surface area contributed by atoms with Crippen molar-refractivity contribution in [1.82, 2.24) is 0 Å². The summed E-state index contributed by atoms with van der Waals surface area (Å²) in [6, 6.07) is 0. The van der Waals surface area contributed by atoms with Crippen LogP contribution >= 0.6 is 0 Å². The van der Waals surface area contributed by atoms with E-state index in [2.05, 4.69) is 0 Å². The van der Waals surface area contributed by atoms with E-state index < -0.39 is 9.84 Å². The lowest BCUT2D eigenvalue weighted by Gasteiger charge is -1.98. The molecule has 0 heterocycles. The summed E-state index contributed by atoms with van der Waals surface area (Å²) in [5, 5.41) is -0.377. The van der Waals surface area contributed by atoms with Crippen LogP contribution in [0.1, 0.15) is 0 Å². The quantitative estimate of drug-likeness (QED) is 0.538. The standard InChI is InChI=1S/C6H8O2S/c1-9(7,8)6-4-2-3-5-6/h2-6H,1H3. The number of hydrogen-bond donors (Lipinski definition) is 0. The Morgan fingerprint density at radius 2 is 1.67 bits per heavy atom. The molecule has 0 aromatic heterocycles. The average Bonchev–Trinajstić information content (AvgIpc) is 2.08. The van der Waals surface area contributed by atoms with Gasteiger partial charge in [-0.15, -0.1) is 0 Å². The summed E-state index contributed by atoms with van der Waals surface area (Å²) in [6.45, 7) is 0. The maximum atomic E-state index is 10.7. The molecule has 1 aliphatic carbocycles. The molecule has 0 aliphatic heterocycles. The molecular formula is C6H8O2S. The van der Waals surface area contributed by atoms with Gasteiger partial charge in [0.2, 0.25) is 0 Å². The first-order valence-electron chi connectivity index (χ1n) is 2.64. The second-order valence-corrected chi connectivity index (χ2v) is 4.27. The number of hydrogen-bond acceptors (Lipinski definition) is 2. The lowest BCUT2D eigenvalue weighted by atomic mass is 10.5. The van der Waals surface area contributed by atoms with Crippen molar-refractivity contribution in [3.63, 3.8) is 0 Å². The first-order chi connectivity index (χ1) is 4.11. The third kappa shape index (κ3) is 1.42. The van der Waals surface area contributed by atoms with Gasteiger partial charge in [-0.3, -0.25) is 0 Å². The molecule has 0 unspecified atom stereocenters. The van der Waals surface area contributed by atoms with Crippen LogP contribution in [-0.2, 0) is 9.84 Å². The highest BCUT2D eigenvalue weighted by molar-refractivity contribution is 7.91. The molecule has 0 aromatic rings. The van der Waals surface area contributed by atoms with Gasteiger partial charge in [0.05, 0.1) is 5.25 Å². The van der Waals surface area contributed by atoms with Gasteiger partial charge >= 0.3 is 0 Å². The normalized spacial score (nSPS) is 19.2. The summed E-state index contributed by atoms with van der Waals surface area (Å²) < 4.78 is 21.5. The molecule has 0 saturated carbocycles. The van der Waals surface area contributed by atoms with Crippen molar-refractivity contribution in [1.29, 1.82) is 0 Å². The average molecular weight is 144 g/mol. The zero-order chi connectivity index (χ0) is 6.91. The van der Waals surface area contributed by atoms with E-state index in [1.807, 2.05) is 0 Å². The van der Waals surface area contributed by atoms with Gasteiger partial charge in [0.15, 0.2) is 9.84 Å². The Kier molecular flexibility index (Phi) is 1.45. The van der Waals surface area contributed by atoms with Crippen LogP contribution in [0.15, 0.2) is 24.3 Å². The fourth-order valence-corrected chi connectivity index (χ4v) is 1.45. The molecule has 0 N–H and O–H groups in total. The molecular weight excluding hydrogens is 136 g/mol. The molecule has 0 spiro atoms. The third-order valence-corrected chi connectivity index (χ3v) is 2.51. The Hall–Kier alpha value is -0.570. The monoisotopic (exact) mass is 144 g/mol. The van der Waals surface area contributed by atoms with Gasteiger partial charge in [0, 0.05) is 6.26 Å². The van der Waals surface area contributed by atoms with Gasteiger partial charge in [-0.05, 0) is 0 Å². The predicted molar refractivity (Wildman–Crippen MR) is 36.9 cm³/mol. The Labute approximate surface area is 54.8 Å². The molecule has 0 bridgehead atoms. The minimum atomic E-state index is -2.88. The fourth-order valence-electron chi connectivity index (χ4n) is 0.697. The van der Waals surface area contributed by atoms with Crippen LogP contribution in [0.3, 0.4) is 0 Å². The second-order valence-electron chi connectivity index (χ2n) is 2.06. The second kappa shape index (κ2) is 1.99. The van der Waals surface area contributed by atoms with E-state index in [0.717, 1.165) is 0 Å². The number of sulfone groups is 1. The highest BCUT2D eigenvalue weighted by Gasteiger charge is 2.14. The van der Waals surface area contributed by atoms with Crippen LogP contribution in [0.2, 0.25) is 0 Å². The minimum absolute atomic E-state index is 0.377. The van der Waals surface area contributed by atoms with Crippen LogP contribution in [-0.4, -0.2) is 19.9 Å². The SMILES string of the molecule is CS(=O)(=O)C1C=CC=C1. The minimum Gasteiger partial charge on any atom is -0.228 e. The van der Waals surface area contributed by atoms with Gasteiger partial charge in [-0.25, -0.2) is 8.42 Å². The van der Waals surface area contributed by atoms with Gasteiger partial charge in [0.25, 0.3) is 0 Å². The molecule has 3 heteroatoms. The molecule has 1 rings (SSSR count). The van der Waals surface area contributed by atoms with Gasteiger partial charge in [-0.1, -0.05) is 24.3 Å². The van der Waals surface area contributed by atoms with Crippen LogP contribution in [0.25, 0.3) is 0 Å². The van der Waals surface area contributed by atoms with Crippen molar-refractivity contribution in [2.75, 3.05) is 6.26 Å². The molecule has 0 atom stereocenters. The Morgan fingerprint density at radius 1 is 1.22 bits per heavy atom. The van der Waals surface area contributed by atoms with Crippen molar-refractivity contribution < 1.29 is 8.42 Å². The highest BCUT2D eigenvalue weighted by Crippen LogP contribution is 2.08. The smallest absolute Gasteiger partial charge is 0.157 e. The first-order valence-corrected chi connectivity index (χ1v) is 4.60. The Balaban J connectivity index is 2.90. The summed E-state index contributed by atoms with van der Waals surface area (Å²) in [6.07, 6.45) is 8.04. The van der Waals surface area contributed by atoms with Crippen LogP contribution in [0, 0.1) is 0 Å². The summed E-state index contributed by atoms with van der Waals surface area (Å²) in [4.78, 5) is 0. The van der Waals surface area contributed by atoms with Gasteiger partial charge < -0.3 is 0 Å². The summed E-state index contributed by atoms with van der Waals surface area (Å²) in [5.41, 5.74) is 0. The lowest BCUT2D eigenvalue weighted by Crippen LogP contribution is -2.12. The zero-order valence-electron chi connectivity index (χ0n) is 5.11. The van der Waals surface area contributed by atoms with E-state index in [0.29, 0.717) is 0 Å². The largest absolute Gasteiger partial charge is 0.228 e. The Bertz CT molecular complexity index is 234. The predicted octanol–water partition coefficient (Wildman–Crippen LogP) is 0.526. The van der Waals surface area contributed by atoms with Crippen molar-refractivity contribution in [2.24, 2.45) is 0 Å². The Morgan fingerprint density at radius 3 is 1.89 bits per heavy atom. The molecule has 9 heavy (non-hydrogen) atoms. The summed E-state index contributed by atoms with van der Waals surface area (Å²) >= 11 is 0. The molecule has 0 aromatic carbocycles. The molecule has 0 fully saturated rings.